The molecule has 0 saturated carbocycles. The molecule has 2 aromatic carbocycles. The summed E-state index contributed by atoms with van der Waals surface area (Å²) >= 11 is 0. The van der Waals surface area contributed by atoms with Crippen LogP contribution in [0.25, 0.3) is 11.0 Å². The zero-order chi connectivity index (χ0) is 13.7. The highest BCUT2D eigenvalue weighted by Gasteiger charge is 2.28. The van der Waals surface area contributed by atoms with Crippen LogP contribution in [0, 0.1) is 6.92 Å². The molecule has 0 spiro atoms. The van der Waals surface area contributed by atoms with Crippen LogP contribution >= 0.6 is 0 Å². The van der Waals surface area contributed by atoms with Gasteiger partial charge in [-0.25, -0.2) is 4.98 Å². The molecule has 3 aromatic rings. The molecule has 1 atom stereocenters. The van der Waals surface area contributed by atoms with E-state index in [4.69, 9.17) is 10.5 Å². The number of aromatic nitrogens is 2. The van der Waals surface area contributed by atoms with Crippen LogP contribution in [0.1, 0.15) is 17.2 Å². The van der Waals surface area contributed by atoms with Crippen LogP contribution in [0.5, 0.6) is 5.75 Å². The predicted octanol–water partition coefficient (Wildman–Crippen LogP) is 2.91. The van der Waals surface area contributed by atoms with Gasteiger partial charge in [-0.2, -0.15) is 0 Å². The Kier molecular flexibility index (Phi) is 2.27. The van der Waals surface area contributed by atoms with Crippen molar-refractivity contribution in [3.05, 3.63) is 53.6 Å². The van der Waals surface area contributed by atoms with Crippen molar-refractivity contribution in [1.29, 1.82) is 0 Å². The molecule has 4 rings (SSSR count). The van der Waals surface area contributed by atoms with Gasteiger partial charge in [0.15, 0.2) is 0 Å². The van der Waals surface area contributed by atoms with Crippen LogP contribution in [0.15, 0.2) is 42.5 Å². The van der Waals surface area contributed by atoms with Gasteiger partial charge in [0.2, 0.25) is 5.95 Å². The van der Waals surface area contributed by atoms with Gasteiger partial charge in [-0.15, -0.1) is 0 Å². The quantitative estimate of drug-likeness (QED) is 0.736. The molecule has 0 aliphatic carbocycles. The first-order valence-electron chi connectivity index (χ1n) is 6.70. The van der Waals surface area contributed by atoms with E-state index in [9.17, 15) is 0 Å². The minimum absolute atomic E-state index is 0.0962. The molecular formula is C16H15N3O. The van der Waals surface area contributed by atoms with Crippen LogP contribution < -0.4 is 10.5 Å². The molecule has 0 saturated heterocycles. The van der Waals surface area contributed by atoms with Crippen LogP contribution in [0.3, 0.4) is 0 Å². The zero-order valence-corrected chi connectivity index (χ0v) is 11.2. The molecule has 4 nitrogen and oxygen atoms in total. The first kappa shape index (κ1) is 11.3. The second-order valence-corrected chi connectivity index (χ2v) is 5.20. The third kappa shape index (κ3) is 1.51. The Balaban J connectivity index is 1.94. The van der Waals surface area contributed by atoms with E-state index in [1.54, 1.807) is 0 Å². The predicted molar refractivity (Wildman–Crippen MR) is 79.0 cm³/mol. The fraction of sp³-hybridized carbons (Fsp3) is 0.188. The van der Waals surface area contributed by atoms with Crippen molar-refractivity contribution in [2.75, 3.05) is 12.3 Å². The van der Waals surface area contributed by atoms with E-state index in [1.807, 2.05) is 18.2 Å². The molecule has 0 amide bonds. The largest absolute Gasteiger partial charge is 0.491 e. The number of nitrogen functional groups attached to an aromatic ring is 1. The second-order valence-electron chi connectivity index (χ2n) is 5.20. The number of nitrogens with zero attached hydrogens (tertiary/aromatic N) is 2. The van der Waals surface area contributed by atoms with E-state index in [-0.39, 0.29) is 6.04 Å². The molecule has 0 bridgehead atoms. The zero-order valence-electron chi connectivity index (χ0n) is 11.2. The Bertz CT molecular complexity index is 807. The van der Waals surface area contributed by atoms with Gasteiger partial charge in [0.25, 0.3) is 0 Å². The van der Waals surface area contributed by atoms with E-state index >= 15 is 0 Å². The molecule has 100 valence electrons. The van der Waals surface area contributed by atoms with Gasteiger partial charge < -0.3 is 10.5 Å². The van der Waals surface area contributed by atoms with E-state index in [1.165, 1.54) is 11.1 Å². The van der Waals surface area contributed by atoms with E-state index < -0.39 is 0 Å². The molecule has 2 N–H and O–H groups in total. The lowest BCUT2D eigenvalue weighted by molar-refractivity contribution is 0.320. The van der Waals surface area contributed by atoms with Crippen molar-refractivity contribution in [2.45, 2.75) is 13.0 Å². The van der Waals surface area contributed by atoms with Gasteiger partial charge in [-0.05, 0) is 30.7 Å². The van der Waals surface area contributed by atoms with Gasteiger partial charge in [0, 0.05) is 5.56 Å². The number of benzene rings is 2. The normalized spacial score (nSPS) is 17.1. The van der Waals surface area contributed by atoms with E-state index in [0.29, 0.717) is 12.6 Å². The summed E-state index contributed by atoms with van der Waals surface area (Å²) in [4.78, 5) is 4.48. The Morgan fingerprint density at radius 3 is 3.00 bits per heavy atom. The number of anilines is 1. The number of fused-ring (bicyclic) bond motifs is 2. The molecule has 0 fully saturated rings. The summed E-state index contributed by atoms with van der Waals surface area (Å²) in [5, 5.41) is 0. The van der Waals surface area contributed by atoms with Crippen LogP contribution in [-0.2, 0) is 0 Å². The molecule has 1 aromatic heterocycles. The monoisotopic (exact) mass is 265 g/mol. The SMILES string of the molecule is Cc1ccc2c(c1)nc(N)n2C1COc2ccccc21. The maximum Gasteiger partial charge on any atom is 0.201 e. The molecule has 1 unspecified atom stereocenters. The number of imidazole rings is 1. The maximum absolute atomic E-state index is 6.14. The average molecular weight is 265 g/mol. The lowest BCUT2D eigenvalue weighted by Gasteiger charge is -2.14. The van der Waals surface area contributed by atoms with Gasteiger partial charge >= 0.3 is 0 Å². The number of para-hydroxylation sites is 1. The lowest BCUT2D eigenvalue weighted by Crippen LogP contribution is -2.14. The molecule has 1 aliphatic rings. The number of rotatable bonds is 1. The topological polar surface area (TPSA) is 53.1 Å². The lowest BCUT2D eigenvalue weighted by atomic mass is 10.1. The second kappa shape index (κ2) is 4.00. The Morgan fingerprint density at radius 1 is 1.25 bits per heavy atom. The third-order valence-corrected chi connectivity index (χ3v) is 3.86. The minimum Gasteiger partial charge on any atom is -0.491 e. The fourth-order valence-electron chi connectivity index (χ4n) is 2.91. The summed E-state index contributed by atoms with van der Waals surface area (Å²) in [6.45, 7) is 2.66. The fourth-order valence-corrected chi connectivity index (χ4v) is 2.91. The molecule has 0 radical (unpaired) electrons. The number of nitrogens with two attached hydrogens (primary N) is 1. The minimum atomic E-state index is 0.0962. The van der Waals surface area contributed by atoms with Gasteiger partial charge in [-0.3, -0.25) is 4.57 Å². The van der Waals surface area contributed by atoms with Crippen molar-refractivity contribution < 1.29 is 4.74 Å². The summed E-state index contributed by atoms with van der Waals surface area (Å²) in [5.41, 5.74) is 10.5. The van der Waals surface area contributed by atoms with Crippen molar-refractivity contribution in [2.24, 2.45) is 0 Å². The standard InChI is InChI=1S/C16H15N3O/c1-10-6-7-13-12(8-10)18-16(17)19(13)14-9-20-15-5-3-2-4-11(14)15/h2-8,14H,9H2,1H3,(H2,17,18). The maximum atomic E-state index is 6.14. The first-order valence-corrected chi connectivity index (χ1v) is 6.70. The molecule has 1 aliphatic heterocycles. The summed E-state index contributed by atoms with van der Waals surface area (Å²) in [5.74, 6) is 1.47. The molecule has 2 heterocycles. The van der Waals surface area contributed by atoms with Crippen molar-refractivity contribution in [3.8, 4) is 5.75 Å². The summed E-state index contributed by atoms with van der Waals surface area (Å²) in [6.07, 6.45) is 0. The van der Waals surface area contributed by atoms with E-state index in [0.717, 1.165) is 16.8 Å². The number of aryl methyl sites for hydroxylation is 1. The van der Waals surface area contributed by atoms with Crippen LogP contribution in [0.2, 0.25) is 0 Å². The van der Waals surface area contributed by atoms with Crippen molar-refractivity contribution >= 4 is 17.0 Å². The Hall–Kier alpha value is -2.49. The van der Waals surface area contributed by atoms with Crippen LogP contribution in [-0.4, -0.2) is 16.2 Å². The van der Waals surface area contributed by atoms with Crippen molar-refractivity contribution in [1.82, 2.24) is 9.55 Å². The third-order valence-electron chi connectivity index (χ3n) is 3.86. The number of hydrogen-bond donors (Lipinski definition) is 1. The molecule has 20 heavy (non-hydrogen) atoms. The van der Waals surface area contributed by atoms with Gasteiger partial charge in [0.05, 0.1) is 17.1 Å². The Labute approximate surface area is 116 Å². The van der Waals surface area contributed by atoms with Gasteiger partial charge in [0.1, 0.15) is 12.4 Å². The van der Waals surface area contributed by atoms with Crippen molar-refractivity contribution in [3.63, 3.8) is 0 Å². The number of hydrogen-bond acceptors (Lipinski definition) is 3. The van der Waals surface area contributed by atoms with Gasteiger partial charge in [-0.1, -0.05) is 24.3 Å². The van der Waals surface area contributed by atoms with E-state index in [2.05, 4.69) is 40.7 Å². The highest BCUT2D eigenvalue weighted by atomic mass is 16.5. The highest BCUT2D eigenvalue weighted by Crippen LogP contribution is 2.37. The smallest absolute Gasteiger partial charge is 0.201 e. The highest BCUT2D eigenvalue weighted by molar-refractivity contribution is 5.79. The Morgan fingerprint density at radius 2 is 2.10 bits per heavy atom. The van der Waals surface area contributed by atoms with Crippen LogP contribution in [0.4, 0.5) is 5.95 Å². The summed E-state index contributed by atoms with van der Waals surface area (Å²) in [7, 11) is 0. The summed E-state index contributed by atoms with van der Waals surface area (Å²) in [6, 6.07) is 14.4. The first-order chi connectivity index (χ1) is 9.74. The molecule has 4 heteroatoms. The molecular weight excluding hydrogens is 250 g/mol. The average Bonchev–Trinajstić information content (AvgIpc) is 2.98. The summed E-state index contributed by atoms with van der Waals surface area (Å²) < 4.78 is 7.83. The number of ether oxygens (including phenoxy) is 1.